The molecule has 0 saturated carbocycles. The van der Waals surface area contributed by atoms with Gasteiger partial charge in [0.15, 0.2) is 0 Å². The van der Waals surface area contributed by atoms with Crippen LogP contribution in [0.2, 0.25) is 0 Å². The first kappa shape index (κ1) is 12.8. The van der Waals surface area contributed by atoms with E-state index in [-0.39, 0.29) is 18.4 Å². The molecular formula is C15H19NO2. The van der Waals surface area contributed by atoms with E-state index >= 15 is 0 Å². The molecule has 2 N–H and O–H groups in total. The molecule has 18 heavy (non-hydrogen) atoms. The summed E-state index contributed by atoms with van der Waals surface area (Å²) in [6, 6.07) is 9.40. The minimum absolute atomic E-state index is 0.0243. The topological polar surface area (TPSA) is 49.3 Å². The van der Waals surface area contributed by atoms with Crippen LogP contribution < -0.4 is 5.32 Å². The summed E-state index contributed by atoms with van der Waals surface area (Å²) in [6.45, 7) is 1.96. The number of aliphatic hydroxyl groups is 1. The molecule has 0 heterocycles. The summed E-state index contributed by atoms with van der Waals surface area (Å²) in [4.78, 5) is 11.9. The molecule has 3 nitrogen and oxygen atoms in total. The Hall–Kier alpha value is -1.61. The standard InChI is InChI=1S/C15H19NO2/c1-15(18,13-9-3-2-4-10-13)11-16-14(17)12-7-5-6-8-12/h2-6,9-10,12,18H,7-8,11H2,1H3,(H,16,17). The van der Waals surface area contributed by atoms with Crippen molar-refractivity contribution in [2.24, 2.45) is 5.92 Å². The average Bonchev–Trinajstić information content (AvgIpc) is 2.91. The van der Waals surface area contributed by atoms with Crippen molar-refractivity contribution in [3.05, 3.63) is 48.0 Å². The molecule has 1 aromatic carbocycles. The summed E-state index contributed by atoms with van der Waals surface area (Å²) in [6.07, 6.45) is 5.66. The quantitative estimate of drug-likeness (QED) is 0.797. The fourth-order valence-electron chi connectivity index (χ4n) is 2.13. The second-order valence-corrected chi connectivity index (χ2v) is 5.00. The number of rotatable bonds is 4. The Bertz CT molecular complexity index is 429. The molecule has 96 valence electrons. The van der Waals surface area contributed by atoms with Gasteiger partial charge in [-0.25, -0.2) is 0 Å². The van der Waals surface area contributed by atoms with Crippen LogP contribution in [0.1, 0.15) is 25.3 Å². The molecule has 1 unspecified atom stereocenters. The smallest absolute Gasteiger partial charge is 0.223 e. The van der Waals surface area contributed by atoms with Crippen molar-refractivity contribution in [1.29, 1.82) is 0 Å². The van der Waals surface area contributed by atoms with Crippen molar-refractivity contribution in [1.82, 2.24) is 5.32 Å². The van der Waals surface area contributed by atoms with Crippen LogP contribution in [0.15, 0.2) is 42.5 Å². The SMILES string of the molecule is CC(O)(CNC(=O)C1CC=CC1)c1ccccc1. The van der Waals surface area contributed by atoms with Crippen molar-refractivity contribution in [2.45, 2.75) is 25.4 Å². The fourth-order valence-corrected chi connectivity index (χ4v) is 2.13. The zero-order valence-electron chi connectivity index (χ0n) is 10.6. The van der Waals surface area contributed by atoms with Crippen molar-refractivity contribution in [3.8, 4) is 0 Å². The average molecular weight is 245 g/mol. The third-order valence-corrected chi connectivity index (χ3v) is 3.38. The lowest BCUT2D eigenvalue weighted by molar-refractivity contribution is -0.125. The maximum Gasteiger partial charge on any atom is 0.223 e. The van der Waals surface area contributed by atoms with Gasteiger partial charge >= 0.3 is 0 Å². The highest BCUT2D eigenvalue weighted by molar-refractivity contribution is 5.79. The van der Waals surface area contributed by atoms with Crippen molar-refractivity contribution >= 4 is 5.91 Å². The summed E-state index contributed by atoms with van der Waals surface area (Å²) < 4.78 is 0. The normalized spacial score (nSPS) is 18.6. The number of amides is 1. The highest BCUT2D eigenvalue weighted by Gasteiger charge is 2.26. The molecule has 0 spiro atoms. The molecule has 1 aliphatic rings. The highest BCUT2D eigenvalue weighted by atomic mass is 16.3. The number of hydrogen-bond donors (Lipinski definition) is 2. The Kier molecular flexibility index (Phi) is 3.82. The van der Waals surface area contributed by atoms with Gasteiger partial charge in [0.2, 0.25) is 5.91 Å². The van der Waals surface area contributed by atoms with Gasteiger partial charge in [0.05, 0.1) is 6.54 Å². The van der Waals surface area contributed by atoms with E-state index in [1.165, 1.54) is 0 Å². The zero-order valence-corrected chi connectivity index (χ0v) is 10.6. The molecule has 0 radical (unpaired) electrons. The molecule has 2 rings (SSSR count). The largest absolute Gasteiger partial charge is 0.384 e. The Labute approximate surface area is 108 Å². The third-order valence-electron chi connectivity index (χ3n) is 3.38. The van der Waals surface area contributed by atoms with Crippen LogP contribution in [0, 0.1) is 5.92 Å². The first-order chi connectivity index (χ1) is 8.59. The Morgan fingerprint density at radius 3 is 2.56 bits per heavy atom. The van der Waals surface area contributed by atoms with E-state index in [0.717, 1.165) is 18.4 Å². The fraction of sp³-hybridized carbons (Fsp3) is 0.400. The number of carbonyl (C=O) groups excluding carboxylic acids is 1. The molecule has 0 bridgehead atoms. The molecule has 0 fully saturated rings. The maximum atomic E-state index is 11.9. The van der Waals surface area contributed by atoms with E-state index in [4.69, 9.17) is 0 Å². The molecule has 1 amide bonds. The predicted octanol–water partition coefficient (Wildman–Crippen LogP) is 1.98. The van der Waals surface area contributed by atoms with E-state index in [1.807, 2.05) is 42.5 Å². The lowest BCUT2D eigenvalue weighted by atomic mass is 9.95. The minimum atomic E-state index is -1.02. The van der Waals surface area contributed by atoms with Crippen LogP contribution in [-0.2, 0) is 10.4 Å². The van der Waals surface area contributed by atoms with Gasteiger partial charge < -0.3 is 10.4 Å². The van der Waals surface area contributed by atoms with Crippen LogP contribution in [0.4, 0.5) is 0 Å². The summed E-state index contributed by atoms with van der Waals surface area (Å²) in [5, 5.41) is 13.2. The Morgan fingerprint density at radius 2 is 1.94 bits per heavy atom. The molecule has 0 aliphatic heterocycles. The van der Waals surface area contributed by atoms with E-state index in [9.17, 15) is 9.90 Å². The van der Waals surface area contributed by atoms with E-state index in [2.05, 4.69) is 5.32 Å². The van der Waals surface area contributed by atoms with Crippen molar-refractivity contribution < 1.29 is 9.90 Å². The van der Waals surface area contributed by atoms with Crippen molar-refractivity contribution in [3.63, 3.8) is 0 Å². The van der Waals surface area contributed by atoms with Gasteiger partial charge in [-0.1, -0.05) is 42.5 Å². The van der Waals surface area contributed by atoms with E-state index < -0.39 is 5.60 Å². The third kappa shape index (κ3) is 2.99. The second-order valence-electron chi connectivity index (χ2n) is 5.00. The Balaban J connectivity index is 1.91. The molecule has 1 atom stereocenters. The summed E-state index contributed by atoms with van der Waals surface area (Å²) >= 11 is 0. The van der Waals surface area contributed by atoms with Crippen LogP contribution in [0.5, 0.6) is 0 Å². The molecular weight excluding hydrogens is 226 g/mol. The number of hydrogen-bond acceptors (Lipinski definition) is 2. The zero-order chi connectivity index (χ0) is 13.0. The number of benzene rings is 1. The van der Waals surface area contributed by atoms with Crippen LogP contribution in [0.25, 0.3) is 0 Å². The summed E-state index contributed by atoms with van der Waals surface area (Å²) in [5.41, 5.74) is -0.210. The summed E-state index contributed by atoms with van der Waals surface area (Å²) in [7, 11) is 0. The number of allylic oxidation sites excluding steroid dienone is 2. The van der Waals surface area contributed by atoms with Gasteiger partial charge in [-0.15, -0.1) is 0 Å². The van der Waals surface area contributed by atoms with Gasteiger partial charge in [0.1, 0.15) is 5.60 Å². The number of nitrogens with one attached hydrogen (secondary N) is 1. The minimum Gasteiger partial charge on any atom is -0.384 e. The molecule has 3 heteroatoms. The molecule has 0 saturated heterocycles. The summed E-state index contributed by atoms with van der Waals surface area (Å²) in [5.74, 6) is 0.0628. The van der Waals surface area contributed by atoms with Gasteiger partial charge in [-0.3, -0.25) is 4.79 Å². The maximum absolute atomic E-state index is 11.9. The van der Waals surface area contributed by atoms with Crippen LogP contribution >= 0.6 is 0 Å². The van der Waals surface area contributed by atoms with Gasteiger partial charge in [0.25, 0.3) is 0 Å². The Morgan fingerprint density at radius 1 is 1.33 bits per heavy atom. The van der Waals surface area contributed by atoms with Crippen LogP contribution in [0.3, 0.4) is 0 Å². The molecule has 1 aromatic rings. The second kappa shape index (κ2) is 5.36. The highest BCUT2D eigenvalue weighted by Crippen LogP contribution is 2.21. The van der Waals surface area contributed by atoms with Gasteiger partial charge in [-0.05, 0) is 25.3 Å². The number of carbonyl (C=O) groups is 1. The predicted molar refractivity (Wildman–Crippen MR) is 70.9 cm³/mol. The molecule has 0 aromatic heterocycles. The first-order valence-corrected chi connectivity index (χ1v) is 6.30. The lowest BCUT2D eigenvalue weighted by Gasteiger charge is -2.25. The van der Waals surface area contributed by atoms with Gasteiger partial charge in [0, 0.05) is 5.92 Å². The first-order valence-electron chi connectivity index (χ1n) is 6.30. The monoisotopic (exact) mass is 245 g/mol. The molecule has 1 aliphatic carbocycles. The van der Waals surface area contributed by atoms with Gasteiger partial charge in [-0.2, -0.15) is 0 Å². The van der Waals surface area contributed by atoms with E-state index in [1.54, 1.807) is 6.92 Å². The van der Waals surface area contributed by atoms with Crippen LogP contribution in [-0.4, -0.2) is 17.6 Å². The lowest BCUT2D eigenvalue weighted by Crippen LogP contribution is -2.40. The van der Waals surface area contributed by atoms with Crippen molar-refractivity contribution in [2.75, 3.05) is 6.54 Å². The van der Waals surface area contributed by atoms with E-state index in [0.29, 0.717) is 0 Å².